The van der Waals surface area contributed by atoms with Crippen LogP contribution in [0.4, 0.5) is 4.39 Å². The molecule has 1 aromatic carbocycles. The van der Waals surface area contributed by atoms with Crippen molar-refractivity contribution in [2.45, 2.75) is 25.0 Å². The zero-order valence-electron chi connectivity index (χ0n) is 11.1. The molecular formula is C14H18FNO4. The average Bonchev–Trinajstić information content (AvgIpc) is 2.39. The summed E-state index contributed by atoms with van der Waals surface area (Å²) in [5.41, 5.74) is -0.474. The predicted octanol–water partition coefficient (Wildman–Crippen LogP) is 1.15. The van der Waals surface area contributed by atoms with Gasteiger partial charge in [0.15, 0.2) is 0 Å². The lowest BCUT2D eigenvalue weighted by Gasteiger charge is -2.32. The first kappa shape index (κ1) is 14.9. The highest BCUT2D eigenvalue weighted by Crippen LogP contribution is 2.19. The smallest absolute Gasteiger partial charge is 0.338 e. The zero-order chi connectivity index (χ0) is 14.6. The van der Waals surface area contributed by atoms with E-state index in [1.54, 1.807) is 6.07 Å². The Labute approximate surface area is 116 Å². The van der Waals surface area contributed by atoms with Crippen LogP contribution in [0.1, 0.15) is 28.8 Å². The molecule has 0 atom stereocenters. The largest absolute Gasteiger partial charge is 0.478 e. The molecule has 6 heteroatoms. The lowest BCUT2D eigenvalue weighted by molar-refractivity contribution is -0.0617. The van der Waals surface area contributed by atoms with Gasteiger partial charge in [-0.05, 0) is 17.7 Å². The van der Waals surface area contributed by atoms with Crippen LogP contribution >= 0.6 is 0 Å². The van der Waals surface area contributed by atoms with Crippen LogP contribution in [-0.2, 0) is 11.3 Å². The number of carboxylic acid groups (broad SMARTS) is 1. The van der Waals surface area contributed by atoms with Gasteiger partial charge >= 0.3 is 5.97 Å². The SMILES string of the molecule is O=C(O)c1ccc(CNCC2(O)CCOCC2)cc1F. The number of aliphatic hydroxyl groups is 1. The fraction of sp³-hybridized carbons (Fsp3) is 0.500. The molecular weight excluding hydrogens is 265 g/mol. The Bertz CT molecular complexity index is 486. The third-order valence-corrected chi connectivity index (χ3v) is 3.47. The number of carboxylic acids is 1. The van der Waals surface area contributed by atoms with Crippen molar-refractivity contribution < 1.29 is 24.1 Å². The van der Waals surface area contributed by atoms with Crippen LogP contribution in [0.5, 0.6) is 0 Å². The molecule has 2 rings (SSSR count). The van der Waals surface area contributed by atoms with Gasteiger partial charge in [0.25, 0.3) is 0 Å². The van der Waals surface area contributed by atoms with Crippen molar-refractivity contribution in [3.8, 4) is 0 Å². The standard InChI is InChI=1S/C14H18FNO4/c15-12-7-10(1-2-11(12)13(17)18)8-16-9-14(19)3-5-20-6-4-14/h1-2,7,16,19H,3-6,8-9H2,(H,17,18). The van der Waals surface area contributed by atoms with Gasteiger partial charge in [0.1, 0.15) is 5.82 Å². The third-order valence-electron chi connectivity index (χ3n) is 3.47. The first-order chi connectivity index (χ1) is 9.50. The van der Waals surface area contributed by atoms with Crippen LogP contribution in [0, 0.1) is 5.82 Å². The summed E-state index contributed by atoms with van der Waals surface area (Å²) in [5.74, 6) is -2.03. The van der Waals surface area contributed by atoms with Gasteiger partial charge in [-0.25, -0.2) is 9.18 Å². The molecule has 20 heavy (non-hydrogen) atoms. The summed E-state index contributed by atoms with van der Waals surface area (Å²) in [6, 6.07) is 4.01. The minimum atomic E-state index is -1.28. The summed E-state index contributed by atoms with van der Waals surface area (Å²) >= 11 is 0. The van der Waals surface area contributed by atoms with Crippen molar-refractivity contribution in [3.05, 3.63) is 35.1 Å². The average molecular weight is 283 g/mol. The molecule has 0 spiro atoms. The summed E-state index contributed by atoms with van der Waals surface area (Å²) in [6.07, 6.45) is 1.15. The number of carbonyl (C=O) groups is 1. The Balaban J connectivity index is 1.88. The summed E-state index contributed by atoms with van der Waals surface area (Å²) < 4.78 is 18.7. The van der Waals surface area contributed by atoms with Gasteiger partial charge in [0, 0.05) is 39.1 Å². The van der Waals surface area contributed by atoms with E-state index < -0.39 is 17.4 Å². The van der Waals surface area contributed by atoms with E-state index in [0.29, 0.717) is 44.7 Å². The van der Waals surface area contributed by atoms with E-state index in [-0.39, 0.29) is 5.56 Å². The van der Waals surface area contributed by atoms with Crippen LogP contribution in [0.2, 0.25) is 0 Å². The van der Waals surface area contributed by atoms with Crippen LogP contribution < -0.4 is 5.32 Å². The summed E-state index contributed by atoms with van der Waals surface area (Å²) in [4.78, 5) is 10.7. The van der Waals surface area contributed by atoms with E-state index in [0.717, 1.165) is 0 Å². The number of hydrogen-bond acceptors (Lipinski definition) is 4. The molecule has 5 nitrogen and oxygen atoms in total. The molecule has 0 amide bonds. The monoisotopic (exact) mass is 283 g/mol. The molecule has 1 aliphatic heterocycles. The van der Waals surface area contributed by atoms with Crippen molar-refractivity contribution in [2.24, 2.45) is 0 Å². The molecule has 0 radical (unpaired) electrons. The van der Waals surface area contributed by atoms with Crippen molar-refractivity contribution in [3.63, 3.8) is 0 Å². The summed E-state index contributed by atoms with van der Waals surface area (Å²) in [6.45, 7) is 1.86. The highest BCUT2D eigenvalue weighted by molar-refractivity contribution is 5.87. The van der Waals surface area contributed by atoms with Gasteiger partial charge < -0.3 is 20.3 Å². The van der Waals surface area contributed by atoms with E-state index in [4.69, 9.17) is 9.84 Å². The summed E-state index contributed by atoms with van der Waals surface area (Å²) in [7, 11) is 0. The Morgan fingerprint density at radius 2 is 2.10 bits per heavy atom. The molecule has 0 aromatic heterocycles. The van der Waals surface area contributed by atoms with Crippen LogP contribution in [0.15, 0.2) is 18.2 Å². The molecule has 1 saturated heterocycles. The van der Waals surface area contributed by atoms with Gasteiger partial charge in [-0.3, -0.25) is 0 Å². The number of nitrogens with one attached hydrogen (secondary N) is 1. The number of hydrogen-bond donors (Lipinski definition) is 3. The van der Waals surface area contributed by atoms with Gasteiger partial charge in [0.05, 0.1) is 11.2 Å². The number of halogens is 1. The van der Waals surface area contributed by atoms with E-state index in [1.807, 2.05) is 0 Å². The van der Waals surface area contributed by atoms with Crippen LogP contribution in [-0.4, -0.2) is 41.5 Å². The minimum Gasteiger partial charge on any atom is -0.478 e. The fourth-order valence-corrected chi connectivity index (χ4v) is 2.21. The molecule has 1 heterocycles. The lowest BCUT2D eigenvalue weighted by atomic mass is 9.94. The van der Waals surface area contributed by atoms with E-state index in [1.165, 1.54) is 12.1 Å². The Kier molecular flexibility index (Phi) is 4.69. The third kappa shape index (κ3) is 3.75. The Morgan fingerprint density at radius 1 is 1.40 bits per heavy atom. The molecule has 1 fully saturated rings. The molecule has 1 aromatic rings. The van der Waals surface area contributed by atoms with E-state index >= 15 is 0 Å². The second-order valence-corrected chi connectivity index (χ2v) is 5.06. The number of aromatic carboxylic acids is 1. The maximum absolute atomic E-state index is 13.5. The maximum Gasteiger partial charge on any atom is 0.338 e. The van der Waals surface area contributed by atoms with Gasteiger partial charge in [-0.15, -0.1) is 0 Å². The van der Waals surface area contributed by atoms with Crippen molar-refractivity contribution in [1.29, 1.82) is 0 Å². The minimum absolute atomic E-state index is 0.336. The first-order valence-corrected chi connectivity index (χ1v) is 6.53. The van der Waals surface area contributed by atoms with Crippen molar-refractivity contribution in [2.75, 3.05) is 19.8 Å². The number of ether oxygens (including phenoxy) is 1. The second-order valence-electron chi connectivity index (χ2n) is 5.06. The normalized spacial score (nSPS) is 17.9. The Morgan fingerprint density at radius 3 is 2.70 bits per heavy atom. The molecule has 0 aliphatic carbocycles. The van der Waals surface area contributed by atoms with Gasteiger partial charge in [0.2, 0.25) is 0 Å². The van der Waals surface area contributed by atoms with Gasteiger partial charge in [-0.2, -0.15) is 0 Å². The molecule has 0 saturated carbocycles. The highest BCUT2D eigenvalue weighted by atomic mass is 19.1. The van der Waals surface area contributed by atoms with Gasteiger partial charge in [-0.1, -0.05) is 6.07 Å². The Hall–Kier alpha value is -1.50. The first-order valence-electron chi connectivity index (χ1n) is 6.53. The number of benzene rings is 1. The molecule has 110 valence electrons. The van der Waals surface area contributed by atoms with Crippen molar-refractivity contribution in [1.82, 2.24) is 5.32 Å². The maximum atomic E-state index is 13.5. The van der Waals surface area contributed by atoms with Crippen LogP contribution in [0.3, 0.4) is 0 Å². The zero-order valence-corrected chi connectivity index (χ0v) is 11.1. The molecule has 3 N–H and O–H groups in total. The van der Waals surface area contributed by atoms with E-state index in [9.17, 15) is 14.3 Å². The van der Waals surface area contributed by atoms with E-state index in [2.05, 4.69) is 5.32 Å². The molecule has 0 unspecified atom stereocenters. The summed E-state index contributed by atoms with van der Waals surface area (Å²) in [5, 5.41) is 22.0. The number of rotatable bonds is 5. The second kappa shape index (κ2) is 6.30. The highest BCUT2D eigenvalue weighted by Gasteiger charge is 2.29. The molecule has 0 bridgehead atoms. The van der Waals surface area contributed by atoms with Crippen molar-refractivity contribution >= 4 is 5.97 Å². The topological polar surface area (TPSA) is 78.8 Å². The predicted molar refractivity (Wildman–Crippen MR) is 70.1 cm³/mol. The van der Waals surface area contributed by atoms with Crippen LogP contribution in [0.25, 0.3) is 0 Å². The quantitative estimate of drug-likeness (QED) is 0.755. The lowest BCUT2D eigenvalue weighted by Crippen LogP contribution is -2.44. The molecule has 1 aliphatic rings. The fourth-order valence-electron chi connectivity index (χ4n) is 2.21.